The number of amides is 1. The molecule has 1 aliphatic carbocycles. The lowest BCUT2D eigenvalue weighted by Gasteiger charge is -2.22. The molecule has 0 aromatic rings. The molecule has 3 rings (SSSR count). The maximum Gasteiger partial charge on any atom is 0.226 e. The van der Waals surface area contributed by atoms with Gasteiger partial charge in [0.15, 0.2) is 0 Å². The zero-order chi connectivity index (χ0) is 16.4. The van der Waals surface area contributed by atoms with Crippen LogP contribution >= 0.6 is 0 Å². The first kappa shape index (κ1) is 16.9. The number of carbonyl (C=O) groups excluding carboxylic acids is 1. The zero-order valence-corrected chi connectivity index (χ0v) is 14.6. The lowest BCUT2D eigenvalue weighted by Crippen LogP contribution is -2.37. The molecular formula is C16H26N2O4S. The standard InChI is InChI=1S/C16H26N2O4S/c1-23(20,21)18-7-8-22-15-12-17(10-14(15)11-18)16(19)9-13-5-3-2-4-6-13/h5,14-15H,2-4,6-12H2,1H3/t14-,15-/m1/s1. The number of allylic oxidation sites excluding steroid dienone is 1. The summed E-state index contributed by atoms with van der Waals surface area (Å²) in [6.07, 6.45) is 8.43. The molecule has 0 bridgehead atoms. The summed E-state index contributed by atoms with van der Waals surface area (Å²) >= 11 is 0. The average molecular weight is 342 g/mol. The molecule has 2 aliphatic heterocycles. The summed E-state index contributed by atoms with van der Waals surface area (Å²) in [6, 6.07) is 0. The van der Waals surface area contributed by atoms with Crippen molar-refractivity contribution in [2.24, 2.45) is 5.92 Å². The van der Waals surface area contributed by atoms with Gasteiger partial charge in [-0.1, -0.05) is 11.6 Å². The van der Waals surface area contributed by atoms with Crippen LogP contribution in [0.3, 0.4) is 0 Å². The van der Waals surface area contributed by atoms with E-state index >= 15 is 0 Å². The second kappa shape index (κ2) is 6.91. The fourth-order valence-corrected chi connectivity index (χ4v) is 4.61. The van der Waals surface area contributed by atoms with Crippen LogP contribution in [0, 0.1) is 5.92 Å². The molecule has 2 heterocycles. The normalized spacial score (nSPS) is 29.8. The molecule has 2 saturated heterocycles. The second-order valence-electron chi connectivity index (χ2n) is 6.87. The van der Waals surface area contributed by atoms with Gasteiger partial charge in [0.05, 0.1) is 19.0 Å². The Morgan fingerprint density at radius 2 is 2.13 bits per heavy atom. The Balaban J connectivity index is 1.60. The number of fused-ring (bicyclic) bond motifs is 1. The third kappa shape index (κ3) is 4.14. The molecule has 6 nitrogen and oxygen atoms in total. The Kier molecular flexibility index (Phi) is 5.08. The van der Waals surface area contributed by atoms with Gasteiger partial charge in [0.25, 0.3) is 0 Å². The van der Waals surface area contributed by atoms with Gasteiger partial charge in [-0.2, -0.15) is 4.31 Å². The topological polar surface area (TPSA) is 66.9 Å². The van der Waals surface area contributed by atoms with E-state index in [0.29, 0.717) is 39.2 Å². The van der Waals surface area contributed by atoms with Crippen molar-refractivity contribution >= 4 is 15.9 Å². The van der Waals surface area contributed by atoms with Gasteiger partial charge < -0.3 is 9.64 Å². The van der Waals surface area contributed by atoms with Crippen molar-refractivity contribution in [2.45, 2.75) is 38.2 Å². The third-order valence-electron chi connectivity index (χ3n) is 5.08. The average Bonchev–Trinajstić information content (AvgIpc) is 2.79. The highest BCUT2D eigenvalue weighted by Gasteiger charge is 2.40. The number of hydrogen-bond acceptors (Lipinski definition) is 4. The van der Waals surface area contributed by atoms with E-state index in [4.69, 9.17) is 4.74 Å². The first-order chi connectivity index (χ1) is 10.9. The molecule has 0 radical (unpaired) electrons. The van der Waals surface area contributed by atoms with Gasteiger partial charge in [-0.05, 0) is 25.7 Å². The Morgan fingerprint density at radius 3 is 2.83 bits per heavy atom. The van der Waals surface area contributed by atoms with E-state index in [1.165, 1.54) is 29.0 Å². The van der Waals surface area contributed by atoms with E-state index in [0.717, 1.165) is 12.8 Å². The highest BCUT2D eigenvalue weighted by atomic mass is 32.2. The number of carbonyl (C=O) groups is 1. The van der Waals surface area contributed by atoms with Crippen LogP contribution in [-0.2, 0) is 19.6 Å². The minimum Gasteiger partial charge on any atom is -0.375 e. The number of rotatable bonds is 3. The molecule has 7 heteroatoms. The maximum atomic E-state index is 12.5. The zero-order valence-electron chi connectivity index (χ0n) is 13.7. The van der Waals surface area contributed by atoms with Crippen molar-refractivity contribution in [1.82, 2.24) is 9.21 Å². The lowest BCUT2D eigenvalue weighted by molar-refractivity contribution is -0.130. The van der Waals surface area contributed by atoms with E-state index in [1.807, 2.05) is 4.90 Å². The highest BCUT2D eigenvalue weighted by molar-refractivity contribution is 7.88. The Bertz CT molecular complexity index is 587. The molecule has 2 atom stereocenters. The van der Waals surface area contributed by atoms with Crippen molar-refractivity contribution in [2.75, 3.05) is 39.0 Å². The SMILES string of the molecule is CS(=O)(=O)N1CCO[C@@H]2CN(C(=O)CC3=CCCCC3)C[C@@H]2C1. The van der Waals surface area contributed by atoms with Crippen LogP contribution in [0.25, 0.3) is 0 Å². The van der Waals surface area contributed by atoms with Gasteiger partial charge in [-0.25, -0.2) is 8.42 Å². The maximum absolute atomic E-state index is 12.5. The summed E-state index contributed by atoms with van der Waals surface area (Å²) in [7, 11) is -3.21. The highest BCUT2D eigenvalue weighted by Crippen LogP contribution is 2.27. The molecule has 0 aromatic carbocycles. The number of ether oxygens (including phenoxy) is 1. The van der Waals surface area contributed by atoms with Crippen molar-refractivity contribution in [3.05, 3.63) is 11.6 Å². The summed E-state index contributed by atoms with van der Waals surface area (Å²) < 4.78 is 30.9. The minimum atomic E-state index is -3.21. The molecule has 0 saturated carbocycles. The molecule has 23 heavy (non-hydrogen) atoms. The quantitative estimate of drug-likeness (QED) is 0.718. The molecule has 0 N–H and O–H groups in total. The van der Waals surface area contributed by atoms with Crippen LogP contribution < -0.4 is 0 Å². The van der Waals surface area contributed by atoms with E-state index in [-0.39, 0.29) is 17.9 Å². The second-order valence-corrected chi connectivity index (χ2v) is 8.86. The van der Waals surface area contributed by atoms with E-state index in [1.54, 1.807) is 0 Å². The fraction of sp³-hybridized carbons (Fsp3) is 0.812. The Hall–Kier alpha value is -0.920. The molecule has 0 unspecified atom stereocenters. The van der Waals surface area contributed by atoms with Crippen LogP contribution in [0.1, 0.15) is 32.1 Å². The first-order valence-electron chi connectivity index (χ1n) is 8.46. The lowest BCUT2D eigenvalue weighted by atomic mass is 9.97. The van der Waals surface area contributed by atoms with Gasteiger partial charge in [-0.3, -0.25) is 4.79 Å². The van der Waals surface area contributed by atoms with Crippen molar-refractivity contribution in [3.63, 3.8) is 0 Å². The summed E-state index contributed by atoms with van der Waals surface area (Å²) in [5, 5.41) is 0. The number of hydrogen-bond donors (Lipinski definition) is 0. The number of sulfonamides is 1. The summed E-state index contributed by atoms with van der Waals surface area (Å²) in [5.74, 6) is 0.234. The molecule has 0 aromatic heterocycles. The summed E-state index contributed by atoms with van der Waals surface area (Å²) in [6.45, 7) is 2.46. The summed E-state index contributed by atoms with van der Waals surface area (Å²) in [4.78, 5) is 14.4. The predicted octanol–water partition coefficient (Wildman–Crippen LogP) is 0.996. The molecule has 2 fully saturated rings. The molecule has 1 amide bonds. The first-order valence-corrected chi connectivity index (χ1v) is 10.3. The van der Waals surface area contributed by atoms with Crippen LogP contribution in [0.2, 0.25) is 0 Å². The van der Waals surface area contributed by atoms with Gasteiger partial charge in [0.2, 0.25) is 15.9 Å². The van der Waals surface area contributed by atoms with E-state index < -0.39 is 10.0 Å². The Morgan fingerprint density at radius 1 is 1.30 bits per heavy atom. The van der Waals surface area contributed by atoms with Gasteiger partial charge in [-0.15, -0.1) is 0 Å². The summed E-state index contributed by atoms with van der Waals surface area (Å²) in [5.41, 5.74) is 1.26. The van der Waals surface area contributed by atoms with E-state index in [9.17, 15) is 13.2 Å². The number of nitrogens with zero attached hydrogens (tertiary/aromatic N) is 2. The predicted molar refractivity (Wildman–Crippen MR) is 87.4 cm³/mol. The third-order valence-corrected chi connectivity index (χ3v) is 6.35. The van der Waals surface area contributed by atoms with Crippen molar-refractivity contribution in [3.8, 4) is 0 Å². The van der Waals surface area contributed by atoms with Gasteiger partial charge in [0.1, 0.15) is 0 Å². The van der Waals surface area contributed by atoms with Crippen molar-refractivity contribution < 1.29 is 17.9 Å². The van der Waals surface area contributed by atoms with Crippen LogP contribution in [0.4, 0.5) is 0 Å². The molecule has 3 aliphatic rings. The smallest absolute Gasteiger partial charge is 0.226 e. The molecule has 0 spiro atoms. The number of likely N-dealkylation sites (tertiary alicyclic amines) is 1. The fourth-order valence-electron chi connectivity index (χ4n) is 3.74. The van der Waals surface area contributed by atoms with Crippen LogP contribution in [-0.4, -0.2) is 68.7 Å². The van der Waals surface area contributed by atoms with Gasteiger partial charge in [0, 0.05) is 38.5 Å². The molecular weight excluding hydrogens is 316 g/mol. The van der Waals surface area contributed by atoms with Crippen LogP contribution in [0.15, 0.2) is 11.6 Å². The van der Waals surface area contributed by atoms with E-state index in [2.05, 4.69) is 6.08 Å². The Labute approximate surface area is 138 Å². The van der Waals surface area contributed by atoms with Gasteiger partial charge >= 0.3 is 0 Å². The largest absolute Gasteiger partial charge is 0.375 e. The molecule has 130 valence electrons. The van der Waals surface area contributed by atoms with Crippen molar-refractivity contribution in [1.29, 1.82) is 0 Å². The van der Waals surface area contributed by atoms with Crippen LogP contribution in [0.5, 0.6) is 0 Å². The monoisotopic (exact) mass is 342 g/mol. The minimum absolute atomic E-state index is 0.0361.